The summed E-state index contributed by atoms with van der Waals surface area (Å²) in [5.41, 5.74) is 1.44. The first-order valence-corrected chi connectivity index (χ1v) is 4.73. The molecule has 0 atom stereocenters. The first-order chi connectivity index (χ1) is 5.71. The van der Waals surface area contributed by atoms with Crippen LogP contribution < -0.4 is 4.74 Å². The summed E-state index contributed by atoms with van der Waals surface area (Å²) in [5, 5.41) is 0. The zero-order valence-electron chi connectivity index (χ0n) is 9.51. The van der Waals surface area contributed by atoms with E-state index in [4.69, 9.17) is 4.52 Å². The van der Waals surface area contributed by atoms with Crippen LogP contribution in [0.3, 0.4) is 0 Å². The summed E-state index contributed by atoms with van der Waals surface area (Å²) in [7, 11) is 0. The van der Waals surface area contributed by atoms with Crippen molar-refractivity contribution in [1.82, 2.24) is 0 Å². The number of aromatic nitrogens is 1. The topological polar surface area (TPSA) is 17.0 Å². The van der Waals surface area contributed by atoms with Crippen molar-refractivity contribution in [3.8, 4) is 0 Å². The molecule has 0 aliphatic heterocycles. The molecule has 0 aliphatic carbocycles. The molecule has 0 spiro atoms. The molecule has 1 aromatic heterocycles. The Balaban J connectivity index is 3.01. The van der Waals surface area contributed by atoms with Crippen LogP contribution in [0.2, 0.25) is 0 Å². The lowest BCUT2D eigenvalue weighted by Gasteiger charge is -2.12. The quantitative estimate of drug-likeness (QED) is 0.564. The van der Waals surface area contributed by atoms with E-state index in [9.17, 15) is 0 Å². The van der Waals surface area contributed by atoms with Crippen molar-refractivity contribution in [2.75, 3.05) is 0 Å². The highest BCUT2D eigenvalue weighted by atomic mass is 16.5. The summed E-state index contributed by atoms with van der Waals surface area (Å²) >= 11 is 0. The van der Waals surface area contributed by atoms with Crippen molar-refractivity contribution >= 4 is 0 Å². The van der Waals surface area contributed by atoms with Gasteiger partial charge in [-0.3, -0.25) is 0 Å². The highest BCUT2D eigenvalue weighted by Crippen LogP contribution is 2.21. The zero-order chi connectivity index (χ0) is 10.3. The zero-order valence-corrected chi connectivity index (χ0v) is 9.51. The molecule has 1 aromatic rings. The minimum Gasteiger partial charge on any atom is -0.244 e. The van der Waals surface area contributed by atoms with Crippen LogP contribution in [0.1, 0.15) is 47.1 Å². The van der Waals surface area contributed by atoms with Gasteiger partial charge in [-0.25, -0.2) is 4.52 Å². The Hall–Kier alpha value is -0.790. The molecule has 0 unspecified atom stereocenters. The minimum absolute atomic E-state index is 0.0312. The van der Waals surface area contributed by atoms with Gasteiger partial charge >= 0.3 is 0 Å². The lowest BCUT2D eigenvalue weighted by atomic mass is 9.90. The van der Waals surface area contributed by atoms with Crippen LogP contribution in [0.4, 0.5) is 0 Å². The van der Waals surface area contributed by atoms with Gasteiger partial charge in [-0.2, -0.15) is 0 Å². The molecule has 0 aromatic carbocycles. The Bertz CT molecular complexity index is 257. The first kappa shape index (κ1) is 10.3. The molecule has 0 aliphatic rings. The van der Waals surface area contributed by atoms with Gasteiger partial charge in [0, 0.05) is 20.8 Å². The van der Waals surface area contributed by atoms with E-state index in [-0.39, 0.29) is 11.0 Å². The van der Waals surface area contributed by atoms with Crippen molar-refractivity contribution in [3.63, 3.8) is 0 Å². The summed E-state index contributed by atoms with van der Waals surface area (Å²) in [6, 6.07) is 0. The van der Waals surface area contributed by atoms with Crippen LogP contribution in [-0.2, 0) is 11.0 Å². The molecular weight excluding hydrogens is 162 g/mol. The minimum atomic E-state index is 0.0312. The molecule has 1 rings (SSSR count). The summed E-state index contributed by atoms with van der Waals surface area (Å²) in [5.74, 6) is 0. The molecule has 2 nitrogen and oxygen atoms in total. The van der Waals surface area contributed by atoms with Gasteiger partial charge in [-0.15, -0.1) is 0 Å². The van der Waals surface area contributed by atoms with Gasteiger partial charge < -0.3 is 0 Å². The third-order valence-electron chi connectivity index (χ3n) is 2.08. The number of hydrogen-bond acceptors (Lipinski definition) is 1. The largest absolute Gasteiger partial charge is 0.244 e. The third kappa shape index (κ3) is 2.33. The predicted octanol–water partition coefficient (Wildman–Crippen LogP) is 2.62. The van der Waals surface area contributed by atoms with E-state index in [1.54, 1.807) is 0 Å². The Labute approximate surface area is 80.5 Å². The van der Waals surface area contributed by atoms with E-state index in [0.717, 1.165) is 0 Å². The average Bonchev–Trinajstić information content (AvgIpc) is 2.28. The monoisotopic (exact) mass is 182 g/mol. The van der Waals surface area contributed by atoms with Crippen molar-refractivity contribution < 1.29 is 9.26 Å². The number of nitrogens with zero attached hydrogens (tertiary/aromatic N) is 1. The van der Waals surface area contributed by atoms with E-state index >= 15 is 0 Å². The standard InChI is InChI=1S/C11H20NO/c1-10(2,3)9-7-12(13-8-9)11(4,5)6/h7-8H,1-6H3/q+1. The Morgan fingerprint density at radius 1 is 1.08 bits per heavy atom. The lowest BCUT2D eigenvalue weighted by Crippen LogP contribution is -2.48. The second-order valence-corrected chi connectivity index (χ2v) is 5.55. The maximum atomic E-state index is 5.47. The summed E-state index contributed by atoms with van der Waals surface area (Å²) in [6.07, 6.45) is 3.92. The summed E-state index contributed by atoms with van der Waals surface area (Å²) in [4.78, 5) is 0. The molecule has 0 N–H and O–H groups in total. The van der Waals surface area contributed by atoms with Crippen LogP contribution in [0.5, 0.6) is 0 Å². The average molecular weight is 182 g/mol. The van der Waals surface area contributed by atoms with Crippen molar-refractivity contribution in [1.29, 1.82) is 0 Å². The van der Waals surface area contributed by atoms with Crippen LogP contribution in [0, 0.1) is 0 Å². The third-order valence-corrected chi connectivity index (χ3v) is 2.08. The normalized spacial score (nSPS) is 13.4. The molecule has 2 heteroatoms. The summed E-state index contributed by atoms with van der Waals surface area (Å²) < 4.78 is 7.37. The van der Waals surface area contributed by atoms with Gasteiger partial charge in [0.2, 0.25) is 11.7 Å². The maximum Gasteiger partial charge on any atom is 0.224 e. The highest BCUT2D eigenvalue weighted by molar-refractivity contribution is 5.10. The van der Waals surface area contributed by atoms with Crippen LogP contribution >= 0.6 is 0 Å². The summed E-state index contributed by atoms with van der Waals surface area (Å²) in [6.45, 7) is 12.9. The van der Waals surface area contributed by atoms with Gasteiger partial charge in [-0.05, 0) is 10.2 Å². The van der Waals surface area contributed by atoms with E-state index < -0.39 is 0 Å². The van der Waals surface area contributed by atoms with Crippen LogP contribution in [0.25, 0.3) is 0 Å². The molecule has 74 valence electrons. The van der Waals surface area contributed by atoms with Crippen molar-refractivity contribution in [2.24, 2.45) is 0 Å². The molecule has 13 heavy (non-hydrogen) atoms. The predicted molar refractivity (Wildman–Crippen MR) is 52.6 cm³/mol. The molecule has 0 amide bonds. The second-order valence-electron chi connectivity index (χ2n) is 5.55. The van der Waals surface area contributed by atoms with Gasteiger partial charge in [0.15, 0.2) is 6.26 Å². The highest BCUT2D eigenvalue weighted by Gasteiger charge is 2.29. The second kappa shape index (κ2) is 2.86. The van der Waals surface area contributed by atoms with Gasteiger partial charge in [0.1, 0.15) is 0 Å². The van der Waals surface area contributed by atoms with Crippen molar-refractivity contribution in [3.05, 3.63) is 18.0 Å². The Kier molecular flexibility index (Phi) is 2.27. The van der Waals surface area contributed by atoms with Gasteiger partial charge in [-0.1, -0.05) is 20.8 Å². The van der Waals surface area contributed by atoms with Crippen molar-refractivity contribution in [2.45, 2.75) is 52.5 Å². The first-order valence-electron chi connectivity index (χ1n) is 4.73. The van der Waals surface area contributed by atoms with Crippen LogP contribution in [0.15, 0.2) is 17.0 Å². The molecule has 0 fully saturated rings. The van der Waals surface area contributed by atoms with Gasteiger partial charge in [0.05, 0.1) is 5.56 Å². The molecule has 0 saturated heterocycles. The SMILES string of the molecule is CC(C)(C)c1co[n+](C(C)(C)C)c1. The fraction of sp³-hybridized carbons (Fsp3) is 0.727. The molecular formula is C11H20NO+. The van der Waals surface area contributed by atoms with Gasteiger partial charge in [0.25, 0.3) is 0 Å². The van der Waals surface area contributed by atoms with E-state index in [2.05, 4.69) is 47.7 Å². The molecule has 0 saturated carbocycles. The number of hydrogen-bond donors (Lipinski definition) is 0. The molecule has 1 heterocycles. The van der Waals surface area contributed by atoms with Crippen LogP contribution in [-0.4, -0.2) is 0 Å². The van der Waals surface area contributed by atoms with E-state index in [1.807, 2.05) is 11.0 Å². The molecule has 0 radical (unpaired) electrons. The Morgan fingerprint density at radius 3 is 1.85 bits per heavy atom. The lowest BCUT2D eigenvalue weighted by molar-refractivity contribution is -0.906. The molecule has 0 bridgehead atoms. The fourth-order valence-corrected chi connectivity index (χ4v) is 1.02. The number of rotatable bonds is 0. The fourth-order valence-electron chi connectivity index (χ4n) is 1.02. The van der Waals surface area contributed by atoms with E-state index in [0.29, 0.717) is 0 Å². The maximum absolute atomic E-state index is 5.47. The van der Waals surface area contributed by atoms with E-state index in [1.165, 1.54) is 5.56 Å². The Morgan fingerprint density at radius 2 is 1.62 bits per heavy atom. The smallest absolute Gasteiger partial charge is 0.224 e.